The van der Waals surface area contributed by atoms with Crippen molar-refractivity contribution in [2.45, 2.75) is 19.8 Å². The molecule has 2 rings (SSSR count). The van der Waals surface area contributed by atoms with Crippen LogP contribution < -0.4 is 5.73 Å². The number of amides is 1. The van der Waals surface area contributed by atoms with Crippen LogP contribution in [0.25, 0.3) is 0 Å². The summed E-state index contributed by atoms with van der Waals surface area (Å²) in [6, 6.07) is 5.49. The van der Waals surface area contributed by atoms with Gasteiger partial charge in [-0.1, -0.05) is 6.07 Å². The molecule has 1 aromatic carbocycles. The third-order valence-corrected chi connectivity index (χ3v) is 3.07. The van der Waals surface area contributed by atoms with E-state index in [0.717, 1.165) is 23.6 Å². The SMILES string of the molecule is Cc1ccc(N)cc1C(=O)N(C)CC1CC1. The molecule has 0 atom stereocenters. The first kappa shape index (κ1) is 11.0. The van der Waals surface area contributed by atoms with Crippen molar-refractivity contribution in [1.29, 1.82) is 0 Å². The summed E-state index contributed by atoms with van der Waals surface area (Å²) in [4.78, 5) is 14.0. The summed E-state index contributed by atoms with van der Waals surface area (Å²) in [6.07, 6.45) is 2.51. The molecule has 2 N–H and O–H groups in total. The lowest BCUT2D eigenvalue weighted by atomic mass is 10.1. The van der Waals surface area contributed by atoms with E-state index in [1.165, 1.54) is 12.8 Å². The Bertz CT molecular complexity index is 410. The number of rotatable bonds is 3. The van der Waals surface area contributed by atoms with E-state index in [0.29, 0.717) is 5.69 Å². The molecule has 1 amide bonds. The summed E-state index contributed by atoms with van der Waals surface area (Å²) in [5, 5.41) is 0. The van der Waals surface area contributed by atoms with Gasteiger partial charge in [-0.3, -0.25) is 4.79 Å². The lowest BCUT2D eigenvalue weighted by Crippen LogP contribution is -2.29. The van der Waals surface area contributed by atoms with Gasteiger partial charge in [-0.2, -0.15) is 0 Å². The molecular weight excluding hydrogens is 200 g/mol. The molecule has 86 valence electrons. The van der Waals surface area contributed by atoms with Crippen LogP contribution in [0.15, 0.2) is 18.2 Å². The Labute approximate surface area is 96.2 Å². The molecule has 1 aliphatic rings. The van der Waals surface area contributed by atoms with Gasteiger partial charge in [0, 0.05) is 24.8 Å². The number of hydrogen-bond acceptors (Lipinski definition) is 2. The van der Waals surface area contributed by atoms with Crippen molar-refractivity contribution in [3.8, 4) is 0 Å². The lowest BCUT2D eigenvalue weighted by molar-refractivity contribution is 0.0788. The van der Waals surface area contributed by atoms with Crippen LogP contribution in [0.3, 0.4) is 0 Å². The largest absolute Gasteiger partial charge is 0.399 e. The molecule has 0 saturated heterocycles. The van der Waals surface area contributed by atoms with E-state index in [4.69, 9.17) is 5.73 Å². The summed E-state index contributed by atoms with van der Waals surface area (Å²) in [7, 11) is 1.86. The molecule has 1 saturated carbocycles. The molecule has 0 aromatic heterocycles. The van der Waals surface area contributed by atoms with E-state index in [9.17, 15) is 4.79 Å². The Morgan fingerprint density at radius 3 is 2.81 bits per heavy atom. The number of aryl methyl sites for hydroxylation is 1. The first-order valence-electron chi connectivity index (χ1n) is 5.69. The van der Waals surface area contributed by atoms with Crippen molar-refractivity contribution in [3.63, 3.8) is 0 Å². The fourth-order valence-electron chi connectivity index (χ4n) is 1.85. The van der Waals surface area contributed by atoms with Crippen molar-refractivity contribution in [2.24, 2.45) is 5.92 Å². The zero-order valence-corrected chi connectivity index (χ0v) is 9.86. The lowest BCUT2D eigenvalue weighted by Gasteiger charge is -2.18. The maximum absolute atomic E-state index is 12.2. The fourth-order valence-corrected chi connectivity index (χ4v) is 1.85. The highest BCUT2D eigenvalue weighted by Gasteiger charge is 2.25. The molecule has 0 aliphatic heterocycles. The number of nitrogens with zero attached hydrogens (tertiary/aromatic N) is 1. The zero-order valence-electron chi connectivity index (χ0n) is 9.86. The Morgan fingerprint density at radius 2 is 2.19 bits per heavy atom. The summed E-state index contributed by atoms with van der Waals surface area (Å²) >= 11 is 0. The predicted molar refractivity (Wildman–Crippen MR) is 65.3 cm³/mol. The van der Waals surface area contributed by atoms with Gasteiger partial charge in [0.25, 0.3) is 5.91 Å². The molecule has 1 fully saturated rings. The molecule has 0 heterocycles. The molecule has 0 radical (unpaired) electrons. The number of benzene rings is 1. The highest BCUT2D eigenvalue weighted by molar-refractivity contribution is 5.96. The van der Waals surface area contributed by atoms with E-state index >= 15 is 0 Å². The van der Waals surface area contributed by atoms with Crippen LogP contribution in [0.1, 0.15) is 28.8 Å². The Balaban J connectivity index is 2.14. The van der Waals surface area contributed by atoms with Crippen LogP contribution in [-0.2, 0) is 0 Å². The van der Waals surface area contributed by atoms with Gasteiger partial charge in [0.1, 0.15) is 0 Å². The van der Waals surface area contributed by atoms with E-state index in [1.54, 1.807) is 11.0 Å². The standard InChI is InChI=1S/C13H18N2O/c1-9-3-6-11(14)7-12(9)13(16)15(2)8-10-4-5-10/h3,6-7,10H,4-5,8,14H2,1-2H3. The maximum Gasteiger partial charge on any atom is 0.253 e. The topological polar surface area (TPSA) is 46.3 Å². The number of hydrogen-bond donors (Lipinski definition) is 1. The van der Waals surface area contributed by atoms with Gasteiger partial charge >= 0.3 is 0 Å². The molecular formula is C13H18N2O. The minimum absolute atomic E-state index is 0.0803. The third-order valence-electron chi connectivity index (χ3n) is 3.07. The molecule has 3 nitrogen and oxygen atoms in total. The van der Waals surface area contributed by atoms with Crippen LogP contribution in [-0.4, -0.2) is 24.4 Å². The van der Waals surface area contributed by atoms with Crippen LogP contribution in [0.2, 0.25) is 0 Å². The Hall–Kier alpha value is -1.51. The number of carbonyl (C=O) groups excluding carboxylic acids is 1. The van der Waals surface area contributed by atoms with Crippen LogP contribution in [0.5, 0.6) is 0 Å². The normalized spacial score (nSPS) is 14.9. The van der Waals surface area contributed by atoms with Gasteiger partial charge in [-0.25, -0.2) is 0 Å². The highest BCUT2D eigenvalue weighted by Crippen LogP contribution is 2.29. The smallest absolute Gasteiger partial charge is 0.253 e. The molecule has 0 bridgehead atoms. The first-order valence-corrected chi connectivity index (χ1v) is 5.69. The number of carbonyl (C=O) groups is 1. The second kappa shape index (κ2) is 4.16. The predicted octanol–water partition coefficient (Wildman–Crippen LogP) is 2.06. The number of nitrogens with two attached hydrogens (primary N) is 1. The molecule has 0 spiro atoms. The number of nitrogen functional groups attached to an aromatic ring is 1. The third kappa shape index (κ3) is 2.35. The summed E-state index contributed by atoms with van der Waals surface area (Å²) in [6.45, 7) is 2.81. The molecule has 16 heavy (non-hydrogen) atoms. The van der Waals surface area contributed by atoms with Gasteiger partial charge in [0.2, 0.25) is 0 Å². The molecule has 1 aromatic rings. The van der Waals surface area contributed by atoms with Gasteiger partial charge in [-0.05, 0) is 43.4 Å². The zero-order chi connectivity index (χ0) is 11.7. The van der Waals surface area contributed by atoms with Crippen molar-refractivity contribution < 1.29 is 4.79 Å². The first-order chi connectivity index (χ1) is 7.58. The average molecular weight is 218 g/mol. The van der Waals surface area contributed by atoms with Crippen molar-refractivity contribution in [3.05, 3.63) is 29.3 Å². The minimum Gasteiger partial charge on any atom is -0.399 e. The monoisotopic (exact) mass is 218 g/mol. The summed E-state index contributed by atoms with van der Waals surface area (Å²) in [5.74, 6) is 0.798. The van der Waals surface area contributed by atoms with Gasteiger partial charge in [-0.15, -0.1) is 0 Å². The molecule has 3 heteroatoms. The van der Waals surface area contributed by atoms with E-state index < -0.39 is 0 Å². The van der Waals surface area contributed by atoms with Crippen LogP contribution in [0.4, 0.5) is 5.69 Å². The molecule has 0 unspecified atom stereocenters. The second-order valence-electron chi connectivity index (χ2n) is 4.70. The van der Waals surface area contributed by atoms with Crippen LogP contribution >= 0.6 is 0 Å². The van der Waals surface area contributed by atoms with E-state index in [1.807, 2.05) is 26.1 Å². The fraction of sp³-hybridized carbons (Fsp3) is 0.462. The Kier molecular flexibility index (Phi) is 2.86. The highest BCUT2D eigenvalue weighted by atomic mass is 16.2. The van der Waals surface area contributed by atoms with Crippen molar-refractivity contribution in [2.75, 3.05) is 19.3 Å². The summed E-state index contributed by atoms with van der Waals surface area (Å²) < 4.78 is 0. The number of anilines is 1. The maximum atomic E-state index is 12.2. The second-order valence-corrected chi connectivity index (χ2v) is 4.70. The van der Waals surface area contributed by atoms with E-state index in [2.05, 4.69) is 0 Å². The van der Waals surface area contributed by atoms with E-state index in [-0.39, 0.29) is 5.91 Å². The quantitative estimate of drug-likeness (QED) is 0.789. The molecule has 1 aliphatic carbocycles. The van der Waals surface area contributed by atoms with Crippen LogP contribution in [0, 0.1) is 12.8 Å². The summed E-state index contributed by atoms with van der Waals surface area (Å²) in [5.41, 5.74) is 8.07. The van der Waals surface area contributed by atoms with Gasteiger partial charge in [0.05, 0.1) is 0 Å². The minimum atomic E-state index is 0.0803. The van der Waals surface area contributed by atoms with Crippen molar-refractivity contribution >= 4 is 11.6 Å². The van der Waals surface area contributed by atoms with Gasteiger partial charge < -0.3 is 10.6 Å². The van der Waals surface area contributed by atoms with Gasteiger partial charge in [0.15, 0.2) is 0 Å². The van der Waals surface area contributed by atoms with Crippen molar-refractivity contribution in [1.82, 2.24) is 4.90 Å². The Morgan fingerprint density at radius 1 is 1.50 bits per heavy atom. The average Bonchev–Trinajstić information content (AvgIpc) is 3.04.